The Balaban J connectivity index is 2.27. The van der Waals surface area contributed by atoms with E-state index in [1.807, 2.05) is 31.3 Å². The summed E-state index contributed by atoms with van der Waals surface area (Å²) < 4.78 is 11.3. The van der Waals surface area contributed by atoms with Crippen molar-refractivity contribution in [1.82, 2.24) is 9.97 Å². The summed E-state index contributed by atoms with van der Waals surface area (Å²) >= 11 is 3.43. The smallest absolute Gasteiger partial charge is 0.158 e. The molecule has 0 amide bonds. The van der Waals surface area contributed by atoms with Crippen molar-refractivity contribution >= 4 is 33.3 Å². The van der Waals surface area contributed by atoms with Gasteiger partial charge >= 0.3 is 0 Å². The molecule has 0 saturated heterocycles. The van der Waals surface area contributed by atoms with Gasteiger partial charge in [0, 0.05) is 32.0 Å². The molecular formula is C14H17BrN4O2. The minimum atomic E-state index is 0.355. The molecule has 0 atom stereocenters. The second kappa shape index (κ2) is 7.24. The number of nitrogens with zero attached hydrogens (tertiary/aromatic N) is 2. The largest absolute Gasteiger partial charge is 0.495 e. The van der Waals surface area contributed by atoms with Crippen LogP contribution >= 0.6 is 15.9 Å². The van der Waals surface area contributed by atoms with E-state index in [9.17, 15) is 0 Å². The lowest BCUT2D eigenvalue weighted by atomic mass is 10.3. The van der Waals surface area contributed by atoms with Crippen LogP contribution in [0.15, 0.2) is 28.7 Å². The molecule has 21 heavy (non-hydrogen) atoms. The lowest BCUT2D eigenvalue weighted by Gasteiger charge is -2.11. The molecule has 0 spiro atoms. The Kier molecular flexibility index (Phi) is 5.35. The molecule has 0 aliphatic rings. The van der Waals surface area contributed by atoms with Crippen molar-refractivity contribution < 1.29 is 9.47 Å². The third kappa shape index (κ3) is 4.05. The van der Waals surface area contributed by atoms with Gasteiger partial charge in [0.2, 0.25) is 0 Å². The second-order valence-corrected chi connectivity index (χ2v) is 5.07. The summed E-state index contributed by atoms with van der Waals surface area (Å²) in [6.07, 6.45) is 0. The molecule has 2 rings (SSSR count). The van der Waals surface area contributed by atoms with Gasteiger partial charge in [-0.1, -0.05) is 0 Å². The summed E-state index contributed by atoms with van der Waals surface area (Å²) in [5, 5.41) is 6.24. The average Bonchev–Trinajstić information content (AvgIpc) is 2.49. The van der Waals surface area contributed by atoms with Crippen molar-refractivity contribution in [2.45, 2.75) is 6.61 Å². The summed E-state index contributed by atoms with van der Waals surface area (Å²) in [6.45, 7) is 0.355. The maximum Gasteiger partial charge on any atom is 0.158 e. The summed E-state index contributed by atoms with van der Waals surface area (Å²) in [6, 6.07) is 7.57. The molecule has 0 fully saturated rings. The van der Waals surface area contributed by atoms with Gasteiger partial charge in [0.25, 0.3) is 0 Å². The van der Waals surface area contributed by atoms with Gasteiger partial charge < -0.3 is 20.1 Å². The number of hydrogen-bond donors (Lipinski definition) is 2. The molecule has 1 aromatic carbocycles. The first-order valence-electron chi connectivity index (χ1n) is 6.31. The third-order valence-electron chi connectivity index (χ3n) is 2.73. The molecule has 6 nitrogen and oxygen atoms in total. The van der Waals surface area contributed by atoms with Crippen LogP contribution < -0.4 is 15.4 Å². The van der Waals surface area contributed by atoms with Gasteiger partial charge in [0.05, 0.1) is 11.6 Å². The van der Waals surface area contributed by atoms with Crippen molar-refractivity contribution in [1.29, 1.82) is 0 Å². The van der Waals surface area contributed by atoms with E-state index in [1.54, 1.807) is 14.2 Å². The zero-order chi connectivity index (χ0) is 15.2. The monoisotopic (exact) mass is 352 g/mol. The number of hydrogen-bond acceptors (Lipinski definition) is 6. The minimum absolute atomic E-state index is 0.355. The Morgan fingerprint density at radius 2 is 1.90 bits per heavy atom. The van der Waals surface area contributed by atoms with Crippen LogP contribution in [0.1, 0.15) is 5.82 Å². The number of halogens is 1. The third-order valence-corrected chi connectivity index (χ3v) is 3.38. The Morgan fingerprint density at radius 3 is 2.57 bits per heavy atom. The molecule has 112 valence electrons. The van der Waals surface area contributed by atoms with Crippen LogP contribution in [0.3, 0.4) is 0 Å². The Hall–Kier alpha value is -1.86. The molecule has 1 heterocycles. The van der Waals surface area contributed by atoms with E-state index < -0.39 is 0 Å². The maximum atomic E-state index is 5.28. The molecule has 2 N–H and O–H groups in total. The van der Waals surface area contributed by atoms with Crippen molar-refractivity contribution in [3.05, 3.63) is 34.6 Å². The van der Waals surface area contributed by atoms with Crippen LogP contribution in [0.5, 0.6) is 5.75 Å². The topological polar surface area (TPSA) is 68.3 Å². The zero-order valence-electron chi connectivity index (χ0n) is 12.1. The number of benzene rings is 1. The van der Waals surface area contributed by atoms with Crippen LogP contribution in [0, 0.1) is 0 Å². The van der Waals surface area contributed by atoms with E-state index in [1.165, 1.54) is 0 Å². The van der Waals surface area contributed by atoms with E-state index in [2.05, 4.69) is 36.5 Å². The van der Waals surface area contributed by atoms with E-state index >= 15 is 0 Å². The highest BCUT2D eigenvalue weighted by Gasteiger charge is 2.06. The van der Waals surface area contributed by atoms with Crippen molar-refractivity contribution in [3.63, 3.8) is 0 Å². The van der Waals surface area contributed by atoms with Gasteiger partial charge in [-0.15, -0.1) is 0 Å². The van der Waals surface area contributed by atoms with Gasteiger partial charge in [-0.25, -0.2) is 9.97 Å². The number of aromatic nitrogens is 2. The van der Waals surface area contributed by atoms with E-state index in [4.69, 9.17) is 9.47 Å². The lowest BCUT2D eigenvalue weighted by Crippen LogP contribution is -2.04. The minimum Gasteiger partial charge on any atom is -0.495 e. The van der Waals surface area contributed by atoms with Gasteiger partial charge in [0.15, 0.2) is 5.82 Å². The zero-order valence-corrected chi connectivity index (χ0v) is 13.7. The van der Waals surface area contributed by atoms with Crippen LogP contribution in [0.2, 0.25) is 0 Å². The molecule has 7 heteroatoms. The molecular weight excluding hydrogens is 336 g/mol. The number of anilines is 3. The van der Waals surface area contributed by atoms with Crippen LogP contribution in [0.25, 0.3) is 0 Å². The highest BCUT2D eigenvalue weighted by molar-refractivity contribution is 9.10. The molecule has 1 aromatic heterocycles. The second-order valence-electron chi connectivity index (χ2n) is 4.21. The van der Waals surface area contributed by atoms with Gasteiger partial charge in [-0.3, -0.25) is 0 Å². The molecule has 0 unspecified atom stereocenters. The SMILES string of the molecule is CNc1cc(Nc2ccc(Br)c(OC)c2)nc(COC)n1. The Morgan fingerprint density at radius 1 is 1.14 bits per heavy atom. The predicted molar refractivity (Wildman–Crippen MR) is 86.3 cm³/mol. The fourth-order valence-electron chi connectivity index (χ4n) is 1.77. The Bertz CT molecular complexity index is 622. The molecule has 0 aliphatic carbocycles. The molecule has 0 aliphatic heterocycles. The predicted octanol–water partition coefficient (Wildman–Crippen LogP) is 3.18. The lowest BCUT2D eigenvalue weighted by molar-refractivity contribution is 0.178. The molecule has 2 aromatic rings. The summed E-state index contributed by atoms with van der Waals surface area (Å²) in [4.78, 5) is 8.72. The summed E-state index contributed by atoms with van der Waals surface area (Å²) in [7, 11) is 5.05. The molecule has 0 radical (unpaired) electrons. The quantitative estimate of drug-likeness (QED) is 0.832. The van der Waals surface area contributed by atoms with Crippen LogP contribution in [-0.4, -0.2) is 31.2 Å². The molecule has 0 saturated carbocycles. The standard InChI is InChI=1S/C14H17BrN4O2/c1-16-12-7-13(19-14(18-12)8-20-2)17-9-4-5-10(15)11(6-9)21-3/h4-7H,8H2,1-3H3,(H2,16,17,18,19). The Labute approximate surface area is 132 Å². The highest BCUT2D eigenvalue weighted by Crippen LogP contribution is 2.29. The fraction of sp³-hybridized carbons (Fsp3) is 0.286. The maximum absolute atomic E-state index is 5.28. The van der Waals surface area contributed by atoms with E-state index in [0.717, 1.165) is 21.7 Å². The first-order chi connectivity index (χ1) is 10.2. The fourth-order valence-corrected chi connectivity index (χ4v) is 2.18. The van der Waals surface area contributed by atoms with Crippen LogP contribution in [-0.2, 0) is 11.3 Å². The number of rotatable bonds is 6. The number of ether oxygens (including phenoxy) is 2. The van der Waals surface area contributed by atoms with Crippen molar-refractivity contribution in [3.8, 4) is 5.75 Å². The normalized spacial score (nSPS) is 10.3. The summed E-state index contributed by atoms with van der Waals surface area (Å²) in [5.41, 5.74) is 0.874. The van der Waals surface area contributed by atoms with Gasteiger partial charge in [-0.05, 0) is 28.1 Å². The highest BCUT2D eigenvalue weighted by atomic mass is 79.9. The van der Waals surface area contributed by atoms with Crippen LogP contribution in [0.4, 0.5) is 17.3 Å². The molecule has 0 bridgehead atoms. The van der Waals surface area contributed by atoms with Crippen molar-refractivity contribution in [2.75, 3.05) is 31.9 Å². The van der Waals surface area contributed by atoms with Gasteiger partial charge in [-0.2, -0.15) is 0 Å². The van der Waals surface area contributed by atoms with Crippen molar-refractivity contribution in [2.24, 2.45) is 0 Å². The average molecular weight is 353 g/mol. The van der Waals surface area contributed by atoms with Gasteiger partial charge in [0.1, 0.15) is 24.0 Å². The van der Waals surface area contributed by atoms with E-state index in [0.29, 0.717) is 18.2 Å². The first kappa shape index (κ1) is 15.5. The first-order valence-corrected chi connectivity index (χ1v) is 7.10. The van der Waals surface area contributed by atoms with E-state index in [-0.39, 0.29) is 0 Å². The number of nitrogens with one attached hydrogen (secondary N) is 2. The number of methoxy groups -OCH3 is 2. The summed E-state index contributed by atoms with van der Waals surface area (Å²) in [5.74, 6) is 2.77.